The van der Waals surface area contributed by atoms with Crippen LogP contribution in [0.2, 0.25) is 0 Å². The largest absolute Gasteiger partial charge is 0.464 e. The molecule has 2 heterocycles. The van der Waals surface area contributed by atoms with Crippen molar-refractivity contribution in [3.63, 3.8) is 0 Å². The second-order valence-corrected chi connectivity index (χ2v) is 9.70. The zero-order valence-electron chi connectivity index (χ0n) is 20.1. The van der Waals surface area contributed by atoms with Crippen molar-refractivity contribution >= 4 is 40.5 Å². The smallest absolute Gasteiger partial charge is 0.397 e. The minimum Gasteiger partial charge on any atom is -0.464 e. The molecule has 4 rings (SSSR count). The fourth-order valence-electron chi connectivity index (χ4n) is 4.79. The number of amides is 1. The van der Waals surface area contributed by atoms with E-state index in [-0.39, 0.29) is 19.3 Å². The Balaban J connectivity index is 1.83. The van der Waals surface area contributed by atoms with Crippen molar-refractivity contribution in [2.45, 2.75) is 76.8 Å². The van der Waals surface area contributed by atoms with Gasteiger partial charge in [0, 0.05) is 16.5 Å². The van der Waals surface area contributed by atoms with Crippen LogP contribution in [0.4, 0.5) is 5.69 Å². The van der Waals surface area contributed by atoms with Gasteiger partial charge in [0.05, 0.1) is 18.9 Å². The highest BCUT2D eigenvalue weighted by atomic mass is 32.2. The first-order valence-corrected chi connectivity index (χ1v) is 12.7. The minimum absolute atomic E-state index is 0.110. The topological polar surface area (TPSA) is 88.5 Å². The summed E-state index contributed by atoms with van der Waals surface area (Å²) in [5, 5.41) is 0.594. The molecule has 1 fully saturated rings. The SMILES string of the molecule is CCOC(=O)C(=O)N(C1=C(C)C(C(=O)OCC)N2C(=N1)Sc1cc(C)ccc12)C1CCCCC1. The molecule has 0 spiro atoms. The Morgan fingerprint density at radius 3 is 2.47 bits per heavy atom. The number of carbonyl (C=O) groups is 3. The number of carbonyl (C=O) groups excluding carboxylic acids is 3. The molecular weight excluding hydrogens is 454 g/mol. The Labute approximate surface area is 204 Å². The third-order valence-corrected chi connectivity index (χ3v) is 7.37. The zero-order chi connectivity index (χ0) is 24.4. The van der Waals surface area contributed by atoms with Crippen LogP contribution < -0.4 is 4.90 Å². The van der Waals surface area contributed by atoms with Crippen LogP contribution in [0.3, 0.4) is 0 Å². The lowest BCUT2D eigenvalue weighted by atomic mass is 9.93. The molecule has 0 aromatic heterocycles. The van der Waals surface area contributed by atoms with Crippen LogP contribution in [0, 0.1) is 6.92 Å². The van der Waals surface area contributed by atoms with Gasteiger partial charge in [-0.3, -0.25) is 9.69 Å². The second kappa shape index (κ2) is 10.2. The Morgan fingerprint density at radius 2 is 1.79 bits per heavy atom. The van der Waals surface area contributed by atoms with Crippen molar-refractivity contribution in [2.75, 3.05) is 18.1 Å². The predicted octanol–water partition coefficient (Wildman–Crippen LogP) is 4.16. The molecule has 1 aromatic carbocycles. The summed E-state index contributed by atoms with van der Waals surface area (Å²) in [6.45, 7) is 7.59. The molecule has 0 saturated heterocycles. The average Bonchev–Trinajstić information content (AvgIpc) is 3.17. The average molecular weight is 486 g/mol. The molecule has 1 aliphatic carbocycles. The van der Waals surface area contributed by atoms with E-state index in [1.54, 1.807) is 20.8 Å². The molecule has 182 valence electrons. The van der Waals surface area contributed by atoms with Gasteiger partial charge >= 0.3 is 17.8 Å². The van der Waals surface area contributed by atoms with Gasteiger partial charge in [0.1, 0.15) is 5.82 Å². The molecule has 0 N–H and O–H groups in total. The van der Waals surface area contributed by atoms with Crippen molar-refractivity contribution in [1.82, 2.24) is 4.90 Å². The molecule has 1 atom stereocenters. The number of anilines is 1. The lowest BCUT2D eigenvalue weighted by molar-refractivity contribution is -0.160. The molecule has 9 heteroatoms. The number of esters is 2. The van der Waals surface area contributed by atoms with E-state index in [9.17, 15) is 14.4 Å². The molecule has 8 nitrogen and oxygen atoms in total. The fraction of sp³-hybridized carbons (Fsp3) is 0.520. The van der Waals surface area contributed by atoms with E-state index < -0.39 is 23.9 Å². The summed E-state index contributed by atoms with van der Waals surface area (Å²) >= 11 is 1.45. The molecule has 34 heavy (non-hydrogen) atoms. The van der Waals surface area contributed by atoms with Crippen LogP contribution in [0.5, 0.6) is 0 Å². The predicted molar refractivity (Wildman–Crippen MR) is 130 cm³/mol. The Morgan fingerprint density at radius 1 is 1.09 bits per heavy atom. The van der Waals surface area contributed by atoms with Crippen LogP contribution in [-0.4, -0.2) is 53.2 Å². The van der Waals surface area contributed by atoms with Gasteiger partial charge < -0.3 is 14.4 Å². The van der Waals surface area contributed by atoms with E-state index in [1.807, 2.05) is 24.0 Å². The monoisotopic (exact) mass is 485 g/mol. The van der Waals surface area contributed by atoms with Crippen molar-refractivity contribution in [2.24, 2.45) is 4.99 Å². The van der Waals surface area contributed by atoms with Gasteiger partial charge in [-0.1, -0.05) is 25.3 Å². The molecule has 0 bridgehead atoms. The van der Waals surface area contributed by atoms with E-state index in [0.29, 0.717) is 16.6 Å². The number of fused-ring (bicyclic) bond motifs is 3. The van der Waals surface area contributed by atoms with Crippen LogP contribution in [0.1, 0.15) is 58.4 Å². The number of nitrogens with zero attached hydrogens (tertiary/aromatic N) is 3. The summed E-state index contributed by atoms with van der Waals surface area (Å²) in [6.07, 6.45) is 4.56. The maximum Gasteiger partial charge on any atom is 0.397 e. The van der Waals surface area contributed by atoms with Gasteiger partial charge in [0.2, 0.25) is 0 Å². The van der Waals surface area contributed by atoms with E-state index >= 15 is 0 Å². The summed E-state index contributed by atoms with van der Waals surface area (Å²) in [7, 11) is 0. The number of hydrogen-bond donors (Lipinski definition) is 0. The summed E-state index contributed by atoms with van der Waals surface area (Å²) in [6, 6.07) is 5.08. The highest BCUT2D eigenvalue weighted by Crippen LogP contribution is 2.46. The van der Waals surface area contributed by atoms with Gasteiger partial charge in [-0.15, -0.1) is 0 Å². The number of hydrogen-bond acceptors (Lipinski definition) is 8. The first-order valence-electron chi connectivity index (χ1n) is 11.9. The van der Waals surface area contributed by atoms with Crippen molar-refractivity contribution < 1.29 is 23.9 Å². The number of aryl methyl sites for hydroxylation is 1. The van der Waals surface area contributed by atoms with Crippen LogP contribution in [0.25, 0.3) is 0 Å². The van der Waals surface area contributed by atoms with Crippen LogP contribution in [-0.2, 0) is 23.9 Å². The Kier molecular flexibility index (Phi) is 7.30. The Hall–Kier alpha value is -2.81. The number of benzene rings is 1. The molecule has 1 saturated carbocycles. The lowest BCUT2D eigenvalue weighted by Gasteiger charge is -2.39. The van der Waals surface area contributed by atoms with Crippen LogP contribution in [0.15, 0.2) is 39.5 Å². The molecule has 1 unspecified atom stereocenters. The summed E-state index contributed by atoms with van der Waals surface area (Å²) in [5.41, 5.74) is 2.57. The first kappa shape index (κ1) is 24.3. The quantitative estimate of drug-likeness (QED) is 0.457. The molecule has 0 radical (unpaired) electrons. The van der Waals surface area contributed by atoms with Gasteiger partial charge in [0.25, 0.3) is 0 Å². The minimum atomic E-state index is -0.901. The third-order valence-electron chi connectivity index (χ3n) is 6.35. The molecular formula is C25H31N3O5S. The third kappa shape index (κ3) is 4.45. The highest BCUT2D eigenvalue weighted by molar-refractivity contribution is 8.14. The van der Waals surface area contributed by atoms with Crippen molar-refractivity contribution in [3.8, 4) is 0 Å². The number of ether oxygens (including phenoxy) is 2. The van der Waals surface area contributed by atoms with E-state index in [2.05, 4.69) is 6.07 Å². The van der Waals surface area contributed by atoms with Gasteiger partial charge in [-0.2, -0.15) is 0 Å². The summed E-state index contributed by atoms with van der Waals surface area (Å²) in [5.74, 6) is -1.70. The fourth-order valence-corrected chi connectivity index (χ4v) is 5.93. The normalized spacial score (nSPS) is 19.8. The van der Waals surface area contributed by atoms with Crippen LogP contribution >= 0.6 is 11.8 Å². The maximum absolute atomic E-state index is 13.3. The Bertz CT molecular complexity index is 1060. The van der Waals surface area contributed by atoms with Gasteiger partial charge in [-0.25, -0.2) is 14.6 Å². The summed E-state index contributed by atoms with van der Waals surface area (Å²) in [4.78, 5) is 48.3. The second-order valence-electron chi connectivity index (χ2n) is 8.69. The van der Waals surface area contributed by atoms with E-state index in [1.165, 1.54) is 16.7 Å². The van der Waals surface area contributed by atoms with E-state index in [4.69, 9.17) is 14.5 Å². The lowest BCUT2D eigenvalue weighted by Crippen LogP contribution is -2.51. The number of aliphatic imine (C=N–C) groups is 1. The zero-order valence-corrected chi connectivity index (χ0v) is 20.9. The van der Waals surface area contributed by atoms with Crippen molar-refractivity contribution in [1.29, 1.82) is 0 Å². The van der Waals surface area contributed by atoms with Gasteiger partial charge in [-0.05, 0) is 70.0 Å². The highest BCUT2D eigenvalue weighted by Gasteiger charge is 2.45. The number of amidine groups is 1. The number of rotatable bonds is 5. The number of thioether (sulfide) groups is 1. The molecule has 1 amide bonds. The molecule has 1 aromatic rings. The maximum atomic E-state index is 13.3. The van der Waals surface area contributed by atoms with E-state index in [0.717, 1.165) is 48.3 Å². The van der Waals surface area contributed by atoms with Crippen molar-refractivity contribution in [3.05, 3.63) is 35.2 Å². The molecule has 2 aliphatic heterocycles. The van der Waals surface area contributed by atoms with Gasteiger partial charge in [0.15, 0.2) is 11.2 Å². The summed E-state index contributed by atoms with van der Waals surface area (Å²) < 4.78 is 10.5. The standard InChI is InChI=1S/C25H31N3O5S/c1-5-32-23(30)20-16(4)21(26-25-28(20)18-13-12-15(3)14-19(18)34-25)27(17-10-8-7-9-11-17)22(29)24(31)33-6-2/h12-14,17,20H,5-11H2,1-4H3. The molecule has 3 aliphatic rings. The first-order chi connectivity index (χ1) is 16.4.